The highest BCUT2D eigenvalue weighted by molar-refractivity contribution is 5.90. The molecule has 156 valence electrons. The molecule has 1 fully saturated rings. The van der Waals surface area contributed by atoms with E-state index in [1.807, 2.05) is 11.0 Å². The van der Waals surface area contributed by atoms with E-state index < -0.39 is 0 Å². The number of hydrogen-bond acceptors (Lipinski definition) is 4. The van der Waals surface area contributed by atoms with Gasteiger partial charge in [0.05, 0.1) is 14.2 Å². The molecule has 2 amide bonds. The lowest BCUT2D eigenvalue weighted by Crippen LogP contribution is -2.50. The predicted octanol–water partition coefficient (Wildman–Crippen LogP) is 4.18. The molecule has 0 unspecified atom stereocenters. The zero-order valence-corrected chi connectivity index (χ0v) is 17.8. The molecule has 6 nitrogen and oxygen atoms in total. The third kappa shape index (κ3) is 4.58. The lowest BCUT2D eigenvalue weighted by atomic mass is 10.0. The topological polar surface area (TPSA) is 54.0 Å². The molecular formula is C23H31N3O3. The van der Waals surface area contributed by atoms with Crippen molar-refractivity contribution in [2.75, 3.05) is 50.6 Å². The van der Waals surface area contributed by atoms with Crippen LogP contribution in [0.5, 0.6) is 11.5 Å². The molecule has 1 N–H and O–H groups in total. The number of aryl methyl sites for hydroxylation is 2. The molecule has 29 heavy (non-hydrogen) atoms. The van der Waals surface area contributed by atoms with Crippen LogP contribution in [0.15, 0.2) is 36.4 Å². The molecule has 1 heterocycles. The van der Waals surface area contributed by atoms with E-state index >= 15 is 0 Å². The number of benzene rings is 2. The molecule has 1 saturated heterocycles. The number of urea groups is 1. The Hall–Kier alpha value is -2.89. The third-order valence-electron chi connectivity index (χ3n) is 5.48. The van der Waals surface area contributed by atoms with Gasteiger partial charge >= 0.3 is 6.03 Å². The normalized spacial score (nSPS) is 13.9. The fraction of sp³-hybridized carbons (Fsp3) is 0.435. The van der Waals surface area contributed by atoms with Crippen molar-refractivity contribution in [2.45, 2.75) is 26.7 Å². The maximum atomic E-state index is 12.7. The first kappa shape index (κ1) is 20.8. The monoisotopic (exact) mass is 397 g/mol. The summed E-state index contributed by atoms with van der Waals surface area (Å²) in [5.74, 6) is 1.24. The molecule has 3 rings (SSSR count). The van der Waals surface area contributed by atoms with Gasteiger partial charge in [0.15, 0.2) is 11.5 Å². The van der Waals surface area contributed by atoms with Crippen LogP contribution in [0.25, 0.3) is 0 Å². The Labute approximate surface area is 173 Å². The Morgan fingerprint density at radius 3 is 2.10 bits per heavy atom. The highest BCUT2D eigenvalue weighted by Crippen LogP contribution is 2.30. The van der Waals surface area contributed by atoms with Crippen LogP contribution in [0.3, 0.4) is 0 Å². The largest absolute Gasteiger partial charge is 0.493 e. The molecule has 0 saturated carbocycles. The lowest BCUT2D eigenvalue weighted by Gasteiger charge is -2.38. The number of amides is 2. The Bertz CT molecular complexity index is 823. The van der Waals surface area contributed by atoms with Crippen LogP contribution in [0.4, 0.5) is 16.2 Å². The summed E-state index contributed by atoms with van der Waals surface area (Å²) >= 11 is 0. The fourth-order valence-corrected chi connectivity index (χ4v) is 3.87. The number of nitrogens with zero attached hydrogens (tertiary/aromatic N) is 2. The van der Waals surface area contributed by atoms with Crippen molar-refractivity contribution in [1.29, 1.82) is 0 Å². The summed E-state index contributed by atoms with van der Waals surface area (Å²) in [4.78, 5) is 17.0. The minimum atomic E-state index is -0.0867. The molecule has 0 radical (unpaired) electrons. The van der Waals surface area contributed by atoms with E-state index in [1.54, 1.807) is 26.4 Å². The lowest BCUT2D eigenvalue weighted by molar-refractivity contribution is 0.208. The Morgan fingerprint density at radius 1 is 0.931 bits per heavy atom. The minimum Gasteiger partial charge on any atom is -0.493 e. The highest BCUT2D eigenvalue weighted by Gasteiger charge is 2.24. The summed E-state index contributed by atoms with van der Waals surface area (Å²) in [5.41, 5.74) is 4.82. The quantitative estimate of drug-likeness (QED) is 0.794. The van der Waals surface area contributed by atoms with Crippen LogP contribution in [-0.4, -0.2) is 51.3 Å². The standard InChI is InChI=1S/C23H31N3O3/c1-5-17-8-7-9-18(6-2)22(17)25-12-14-26(15-13-25)23(27)24-19-10-11-20(28-3)21(16-19)29-4/h7-11,16H,5-6,12-15H2,1-4H3,(H,24,27). The highest BCUT2D eigenvalue weighted by atomic mass is 16.5. The van der Waals surface area contributed by atoms with Crippen LogP contribution >= 0.6 is 0 Å². The molecule has 2 aromatic carbocycles. The van der Waals surface area contributed by atoms with E-state index in [2.05, 4.69) is 42.3 Å². The molecular weight excluding hydrogens is 366 g/mol. The summed E-state index contributed by atoms with van der Waals surface area (Å²) in [5, 5.41) is 2.97. The zero-order valence-electron chi connectivity index (χ0n) is 17.8. The molecule has 1 aliphatic rings. The summed E-state index contributed by atoms with van der Waals surface area (Å²) in [6.07, 6.45) is 2.03. The van der Waals surface area contributed by atoms with Crippen molar-refractivity contribution < 1.29 is 14.3 Å². The molecule has 0 aliphatic carbocycles. The number of para-hydroxylation sites is 1. The number of carbonyl (C=O) groups is 1. The first-order chi connectivity index (χ1) is 14.1. The molecule has 2 aromatic rings. The maximum absolute atomic E-state index is 12.7. The number of nitrogens with one attached hydrogen (secondary N) is 1. The van der Waals surface area contributed by atoms with Gasteiger partial charge in [-0.3, -0.25) is 0 Å². The van der Waals surface area contributed by atoms with E-state index in [1.165, 1.54) is 16.8 Å². The smallest absolute Gasteiger partial charge is 0.321 e. The van der Waals surface area contributed by atoms with Gasteiger partial charge in [-0.05, 0) is 36.1 Å². The minimum absolute atomic E-state index is 0.0867. The SMILES string of the molecule is CCc1cccc(CC)c1N1CCN(C(=O)Nc2ccc(OC)c(OC)c2)CC1. The summed E-state index contributed by atoms with van der Waals surface area (Å²) in [6.45, 7) is 7.46. The summed E-state index contributed by atoms with van der Waals surface area (Å²) < 4.78 is 10.6. The van der Waals surface area contributed by atoms with E-state index in [0.717, 1.165) is 25.9 Å². The maximum Gasteiger partial charge on any atom is 0.321 e. The van der Waals surface area contributed by atoms with Crippen LogP contribution in [0.2, 0.25) is 0 Å². The van der Waals surface area contributed by atoms with Gasteiger partial charge in [0.1, 0.15) is 0 Å². The van der Waals surface area contributed by atoms with E-state index in [-0.39, 0.29) is 6.03 Å². The second kappa shape index (κ2) is 9.54. The van der Waals surface area contributed by atoms with E-state index in [9.17, 15) is 4.79 Å². The van der Waals surface area contributed by atoms with Gasteiger partial charge in [-0.25, -0.2) is 4.79 Å². The fourth-order valence-electron chi connectivity index (χ4n) is 3.87. The number of hydrogen-bond donors (Lipinski definition) is 1. The van der Waals surface area contributed by atoms with Crippen molar-refractivity contribution >= 4 is 17.4 Å². The summed E-state index contributed by atoms with van der Waals surface area (Å²) in [7, 11) is 3.18. The second-order valence-corrected chi connectivity index (χ2v) is 7.11. The summed E-state index contributed by atoms with van der Waals surface area (Å²) in [6, 6.07) is 11.9. The van der Waals surface area contributed by atoms with Crippen molar-refractivity contribution in [3.05, 3.63) is 47.5 Å². The number of ether oxygens (including phenoxy) is 2. The Kier molecular flexibility index (Phi) is 6.86. The molecule has 1 aliphatic heterocycles. The van der Waals surface area contributed by atoms with Gasteiger partial charge < -0.3 is 24.6 Å². The van der Waals surface area contributed by atoms with Crippen molar-refractivity contribution in [3.63, 3.8) is 0 Å². The molecule has 0 spiro atoms. The number of piperazine rings is 1. The van der Waals surface area contributed by atoms with Gasteiger partial charge in [-0.1, -0.05) is 32.0 Å². The van der Waals surface area contributed by atoms with Crippen molar-refractivity contribution in [3.8, 4) is 11.5 Å². The Balaban J connectivity index is 1.65. The van der Waals surface area contributed by atoms with E-state index in [0.29, 0.717) is 30.3 Å². The van der Waals surface area contributed by atoms with Gasteiger partial charge in [0.2, 0.25) is 0 Å². The van der Waals surface area contributed by atoms with E-state index in [4.69, 9.17) is 9.47 Å². The van der Waals surface area contributed by atoms with Gasteiger partial charge in [0.25, 0.3) is 0 Å². The Morgan fingerprint density at radius 2 is 1.55 bits per heavy atom. The van der Waals surface area contributed by atoms with Gasteiger partial charge in [-0.2, -0.15) is 0 Å². The first-order valence-electron chi connectivity index (χ1n) is 10.2. The molecule has 0 aromatic heterocycles. The number of carbonyl (C=O) groups excluding carboxylic acids is 1. The predicted molar refractivity (Wildman–Crippen MR) is 118 cm³/mol. The first-order valence-corrected chi connectivity index (χ1v) is 10.2. The second-order valence-electron chi connectivity index (χ2n) is 7.11. The van der Waals surface area contributed by atoms with Gasteiger partial charge in [0, 0.05) is 43.6 Å². The van der Waals surface area contributed by atoms with Crippen molar-refractivity contribution in [2.24, 2.45) is 0 Å². The van der Waals surface area contributed by atoms with Crippen LogP contribution in [0.1, 0.15) is 25.0 Å². The van der Waals surface area contributed by atoms with Crippen molar-refractivity contribution in [1.82, 2.24) is 4.90 Å². The number of methoxy groups -OCH3 is 2. The molecule has 0 atom stereocenters. The third-order valence-corrected chi connectivity index (χ3v) is 5.48. The average Bonchev–Trinajstić information content (AvgIpc) is 2.78. The number of rotatable bonds is 6. The number of anilines is 2. The van der Waals surface area contributed by atoms with Crippen LogP contribution < -0.4 is 19.7 Å². The average molecular weight is 398 g/mol. The molecule has 0 bridgehead atoms. The van der Waals surface area contributed by atoms with Crippen LogP contribution in [-0.2, 0) is 12.8 Å². The van der Waals surface area contributed by atoms with Gasteiger partial charge in [-0.15, -0.1) is 0 Å². The van der Waals surface area contributed by atoms with Crippen LogP contribution in [0, 0.1) is 0 Å². The molecule has 6 heteroatoms. The zero-order chi connectivity index (χ0) is 20.8.